The van der Waals surface area contributed by atoms with Crippen molar-refractivity contribution in [1.29, 1.82) is 5.26 Å². The number of hydrogen-bond acceptors (Lipinski definition) is 8. The van der Waals surface area contributed by atoms with Crippen LogP contribution in [0.1, 0.15) is 28.3 Å². The van der Waals surface area contributed by atoms with Gasteiger partial charge in [0.25, 0.3) is 5.91 Å². The van der Waals surface area contributed by atoms with Gasteiger partial charge in [0, 0.05) is 10.6 Å². The zero-order chi connectivity index (χ0) is 24.6. The number of carbonyl (C=O) groups excluding carboxylic acids is 3. The van der Waals surface area contributed by atoms with E-state index in [0.29, 0.717) is 10.7 Å². The van der Waals surface area contributed by atoms with Gasteiger partial charge in [-0.1, -0.05) is 35.5 Å². The number of thioether (sulfide) groups is 1. The number of nitrogens with one attached hydrogen (secondary N) is 1. The Labute approximate surface area is 205 Å². The second kappa shape index (κ2) is 9.37. The number of nitrogens with two attached hydrogens (primary N) is 1. The van der Waals surface area contributed by atoms with E-state index in [9.17, 15) is 19.6 Å². The number of rotatable bonds is 5. The summed E-state index contributed by atoms with van der Waals surface area (Å²) in [5, 5.41) is 14.3. The topological polar surface area (TPSA) is 126 Å². The third-order valence-electron chi connectivity index (χ3n) is 5.68. The molecule has 3 heterocycles. The van der Waals surface area contributed by atoms with E-state index in [2.05, 4.69) is 11.4 Å². The Morgan fingerprint density at radius 1 is 1.29 bits per heavy atom. The van der Waals surface area contributed by atoms with Crippen LogP contribution in [0.5, 0.6) is 0 Å². The highest BCUT2D eigenvalue weighted by atomic mass is 32.2. The maximum absolute atomic E-state index is 13.7. The van der Waals surface area contributed by atoms with Crippen LogP contribution in [0.2, 0.25) is 0 Å². The molecule has 1 aromatic carbocycles. The molecule has 1 fully saturated rings. The molecular weight excluding hydrogens is 472 g/mol. The first-order valence-corrected chi connectivity index (χ1v) is 12.2. The minimum Gasteiger partial charge on any atom is -0.469 e. The fourth-order valence-electron chi connectivity index (χ4n) is 4.03. The van der Waals surface area contributed by atoms with Crippen molar-refractivity contribution in [3.8, 4) is 6.07 Å². The number of carbonyl (C=O) groups is 3. The standard InChI is InChI=1S/C24H22N4O4S2/c1-12-6-7-15(13(2)9-12)27-22(30)20-19(16-5-4-8-33-16)14(11-25)21(26)28-23(31)17(34-24(20)28)10-18(29)32-3/h4-9,17,19H,10,26H2,1-3H3,(H,27,30)/t17-,19+/m1/s1. The SMILES string of the molecule is COC(=O)C[C@H]1SC2=C(C(=O)Nc3ccc(C)cc3C)[C@H](c3cccs3)C(C#N)=C(N)N2C1=O. The first-order chi connectivity index (χ1) is 16.3. The molecule has 0 aliphatic carbocycles. The van der Waals surface area contributed by atoms with Crippen molar-refractivity contribution in [2.24, 2.45) is 5.73 Å². The molecule has 10 heteroatoms. The summed E-state index contributed by atoms with van der Waals surface area (Å²) >= 11 is 2.48. The maximum atomic E-state index is 13.7. The number of ether oxygens (including phenoxy) is 1. The second-order valence-corrected chi connectivity index (χ2v) is 10.1. The molecule has 0 spiro atoms. The van der Waals surface area contributed by atoms with Gasteiger partial charge in [-0.05, 0) is 36.9 Å². The largest absolute Gasteiger partial charge is 0.469 e. The summed E-state index contributed by atoms with van der Waals surface area (Å²) < 4.78 is 4.73. The first-order valence-electron chi connectivity index (χ1n) is 10.4. The molecule has 1 aromatic heterocycles. The number of hydrogen-bond donors (Lipinski definition) is 2. The summed E-state index contributed by atoms with van der Waals surface area (Å²) in [5.74, 6) is -2.21. The van der Waals surface area contributed by atoms with E-state index >= 15 is 0 Å². The van der Waals surface area contributed by atoms with Crippen molar-refractivity contribution in [2.75, 3.05) is 12.4 Å². The molecule has 2 aliphatic heterocycles. The highest BCUT2D eigenvalue weighted by Gasteiger charge is 2.48. The number of amides is 2. The van der Waals surface area contributed by atoms with Crippen LogP contribution in [0.3, 0.4) is 0 Å². The fraction of sp³-hybridized carbons (Fsp3) is 0.250. The third-order valence-corrected chi connectivity index (χ3v) is 7.90. The van der Waals surface area contributed by atoms with E-state index in [4.69, 9.17) is 10.5 Å². The van der Waals surface area contributed by atoms with Crippen molar-refractivity contribution in [3.63, 3.8) is 0 Å². The number of allylic oxidation sites excluding steroid dienone is 1. The lowest BCUT2D eigenvalue weighted by atomic mass is 9.87. The van der Waals surface area contributed by atoms with Crippen LogP contribution in [0.4, 0.5) is 5.69 Å². The van der Waals surface area contributed by atoms with Crippen LogP contribution >= 0.6 is 23.1 Å². The summed E-state index contributed by atoms with van der Waals surface area (Å²) in [7, 11) is 1.25. The third kappa shape index (κ3) is 4.08. The molecule has 2 atom stereocenters. The number of fused-ring (bicyclic) bond motifs is 1. The number of esters is 1. The van der Waals surface area contributed by atoms with Gasteiger partial charge < -0.3 is 15.8 Å². The molecule has 4 rings (SSSR count). The molecule has 8 nitrogen and oxygen atoms in total. The van der Waals surface area contributed by atoms with E-state index in [0.717, 1.165) is 27.8 Å². The van der Waals surface area contributed by atoms with Crippen LogP contribution in [0.25, 0.3) is 0 Å². The Morgan fingerprint density at radius 3 is 2.68 bits per heavy atom. The van der Waals surface area contributed by atoms with Gasteiger partial charge in [0.15, 0.2) is 0 Å². The summed E-state index contributed by atoms with van der Waals surface area (Å²) in [6, 6.07) is 11.4. The van der Waals surface area contributed by atoms with Crippen LogP contribution in [0.15, 0.2) is 57.7 Å². The van der Waals surface area contributed by atoms with Gasteiger partial charge >= 0.3 is 5.97 Å². The maximum Gasteiger partial charge on any atom is 0.307 e. The molecule has 174 valence electrons. The Hall–Kier alpha value is -3.55. The van der Waals surface area contributed by atoms with Crippen LogP contribution in [-0.4, -0.2) is 35.0 Å². The molecule has 2 amide bonds. The van der Waals surface area contributed by atoms with Crippen LogP contribution in [-0.2, 0) is 19.1 Å². The van der Waals surface area contributed by atoms with E-state index in [1.165, 1.54) is 23.3 Å². The normalized spacial score (nSPS) is 19.7. The minimum atomic E-state index is -0.813. The van der Waals surface area contributed by atoms with Gasteiger partial charge in [0.05, 0.1) is 41.7 Å². The van der Waals surface area contributed by atoms with Crippen molar-refractivity contribution >= 4 is 46.6 Å². The number of nitriles is 1. The van der Waals surface area contributed by atoms with E-state index in [1.807, 2.05) is 49.6 Å². The predicted octanol–water partition coefficient (Wildman–Crippen LogP) is 3.51. The van der Waals surface area contributed by atoms with Gasteiger partial charge in [-0.15, -0.1) is 11.3 Å². The number of benzene rings is 1. The smallest absolute Gasteiger partial charge is 0.307 e. The van der Waals surface area contributed by atoms with Crippen LogP contribution < -0.4 is 11.1 Å². The van der Waals surface area contributed by atoms with Crippen molar-refractivity contribution in [3.05, 3.63) is 73.7 Å². The number of aryl methyl sites for hydroxylation is 2. The van der Waals surface area contributed by atoms with Crippen molar-refractivity contribution < 1.29 is 19.1 Å². The quantitative estimate of drug-likeness (QED) is 0.609. The number of methoxy groups -OCH3 is 1. The molecule has 0 saturated carbocycles. The molecule has 0 bridgehead atoms. The zero-order valence-corrected chi connectivity index (χ0v) is 20.4. The Bertz CT molecular complexity index is 1290. The van der Waals surface area contributed by atoms with Gasteiger partial charge in [-0.2, -0.15) is 5.26 Å². The summed E-state index contributed by atoms with van der Waals surface area (Å²) in [6.45, 7) is 3.85. The van der Waals surface area contributed by atoms with E-state index < -0.39 is 29.0 Å². The number of anilines is 1. The Balaban J connectivity index is 1.85. The molecule has 3 N–H and O–H groups in total. The second-order valence-electron chi connectivity index (χ2n) is 7.91. The van der Waals surface area contributed by atoms with E-state index in [1.54, 1.807) is 0 Å². The molecule has 0 radical (unpaired) electrons. The molecule has 1 saturated heterocycles. The predicted molar refractivity (Wildman–Crippen MR) is 130 cm³/mol. The number of thiophene rings is 1. The lowest BCUT2D eigenvalue weighted by molar-refractivity contribution is -0.142. The van der Waals surface area contributed by atoms with Gasteiger partial charge in [-0.3, -0.25) is 19.3 Å². The highest BCUT2D eigenvalue weighted by Crippen LogP contribution is 2.50. The van der Waals surface area contributed by atoms with Gasteiger partial charge in [-0.25, -0.2) is 0 Å². The molecule has 0 unspecified atom stereocenters. The average Bonchev–Trinajstić information content (AvgIpc) is 3.44. The fourth-order valence-corrected chi connectivity index (χ4v) is 6.20. The average molecular weight is 495 g/mol. The summed E-state index contributed by atoms with van der Waals surface area (Å²) in [5.41, 5.74) is 9.25. The molecular formula is C24H22N4O4S2. The zero-order valence-electron chi connectivity index (χ0n) is 18.7. The molecule has 34 heavy (non-hydrogen) atoms. The monoisotopic (exact) mass is 494 g/mol. The van der Waals surface area contributed by atoms with Gasteiger partial charge in [0.1, 0.15) is 11.1 Å². The van der Waals surface area contributed by atoms with Crippen molar-refractivity contribution in [1.82, 2.24) is 4.90 Å². The van der Waals surface area contributed by atoms with Gasteiger partial charge in [0.2, 0.25) is 5.91 Å². The Kier molecular flexibility index (Phi) is 6.50. The molecule has 2 aromatic rings. The Morgan fingerprint density at radius 2 is 2.06 bits per heavy atom. The summed E-state index contributed by atoms with van der Waals surface area (Å²) in [4.78, 5) is 40.8. The highest BCUT2D eigenvalue weighted by molar-refractivity contribution is 8.04. The van der Waals surface area contributed by atoms with Crippen molar-refractivity contribution in [2.45, 2.75) is 31.4 Å². The molecule has 2 aliphatic rings. The first kappa shape index (κ1) is 23.6. The van der Waals surface area contributed by atoms with Crippen LogP contribution in [0, 0.1) is 25.2 Å². The lowest BCUT2D eigenvalue weighted by Gasteiger charge is -2.31. The lowest BCUT2D eigenvalue weighted by Crippen LogP contribution is -2.39. The summed E-state index contributed by atoms with van der Waals surface area (Å²) in [6.07, 6.45) is -0.176. The minimum absolute atomic E-state index is 0.0242. The number of nitrogens with zero attached hydrogens (tertiary/aromatic N) is 2. The van der Waals surface area contributed by atoms with E-state index in [-0.39, 0.29) is 23.4 Å².